The van der Waals surface area contributed by atoms with Gasteiger partial charge in [-0.15, -0.1) is 0 Å². The zero-order chi connectivity index (χ0) is 17.4. The van der Waals surface area contributed by atoms with Gasteiger partial charge in [0.15, 0.2) is 6.10 Å². The molecule has 128 valence electrons. The molecule has 1 amide bonds. The van der Waals surface area contributed by atoms with Crippen LogP contribution in [0.1, 0.15) is 36.9 Å². The Labute approximate surface area is 143 Å². The van der Waals surface area contributed by atoms with Gasteiger partial charge in [0.05, 0.1) is 6.04 Å². The third-order valence-electron chi connectivity index (χ3n) is 3.84. The quantitative estimate of drug-likeness (QED) is 0.781. The van der Waals surface area contributed by atoms with Crippen molar-refractivity contribution in [1.29, 1.82) is 0 Å². The smallest absolute Gasteiger partial charge is 0.261 e. The van der Waals surface area contributed by atoms with Gasteiger partial charge in [-0.25, -0.2) is 0 Å². The highest BCUT2D eigenvalue weighted by Crippen LogP contribution is 2.19. The van der Waals surface area contributed by atoms with E-state index in [0.29, 0.717) is 18.6 Å². The van der Waals surface area contributed by atoms with Crippen molar-refractivity contribution in [3.63, 3.8) is 0 Å². The molecule has 2 rings (SSSR count). The predicted molar refractivity (Wildman–Crippen MR) is 94.9 cm³/mol. The maximum atomic E-state index is 12.5. The van der Waals surface area contributed by atoms with Crippen molar-refractivity contribution in [2.45, 2.75) is 38.8 Å². The Morgan fingerprint density at radius 3 is 2.58 bits per heavy atom. The Hall–Kier alpha value is -2.33. The second-order valence-corrected chi connectivity index (χ2v) is 5.91. The van der Waals surface area contributed by atoms with Gasteiger partial charge in [0.1, 0.15) is 5.75 Å². The van der Waals surface area contributed by atoms with Crippen molar-refractivity contribution >= 4 is 5.91 Å². The van der Waals surface area contributed by atoms with Crippen LogP contribution in [-0.2, 0) is 4.79 Å². The van der Waals surface area contributed by atoms with E-state index in [9.17, 15) is 4.79 Å². The molecule has 2 N–H and O–H groups in total. The molecule has 2 atom stereocenters. The molecule has 0 spiro atoms. The molecular formula is C20H25NO3. The summed E-state index contributed by atoms with van der Waals surface area (Å²) in [6.07, 6.45) is 0.725. The number of ether oxygens (including phenoxy) is 1. The van der Waals surface area contributed by atoms with E-state index in [4.69, 9.17) is 9.84 Å². The number of aryl methyl sites for hydroxylation is 1. The molecule has 0 aliphatic rings. The van der Waals surface area contributed by atoms with Crippen molar-refractivity contribution < 1.29 is 14.6 Å². The largest absolute Gasteiger partial charge is 0.481 e. The van der Waals surface area contributed by atoms with Crippen LogP contribution in [0.5, 0.6) is 5.75 Å². The lowest BCUT2D eigenvalue weighted by Crippen LogP contribution is -2.38. The first-order valence-electron chi connectivity index (χ1n) is 8.29. The molecule has 2 aromatic carbocycles. The standard InChI is InChI=1S/C20H25NO3/c1-15-8-6-11-18(14-15)24-16(2)20(23)21-19(12-7-13-22)17-9-4-3-5-10-17/h3-6,8-11,14,16,19,22H,7,12-13H2,1-2H3,(H,21,23). The maximum Gasteiger partial charge on any atom is 0.261 e. The lowest BCUT2D eigenvalue weighted by molar-refractivity contribution is -0.128. The molecular weight excluding hydrogens is 302 g/mol. The minimum atomic E-state index is -0.591. The van der Waals surface area contributed by atoms with Crippen LogP contribution in [0.3, 0.4) is 0 Å². The maximum absolute atomic E-state index is 12.5. The second kappa shape index (κ2) is 9.08. The van der Waals surface area contributed by atoms with Gasteiger partial charge in [-0.05, 0) is 49.9 Å². The molecule has 24 heavy (non-hydrogen) atoms. The van der Waals surface area contributed by atoms with Gasteiger partial charge >= 0.3 is 0 Å². The summed E-state index contributed by atoms with van der Waals surface area (Å²) >= 11 is 0. The van der Waals surface area contributed by atoms with Crippen molar-refractivity contribution in [3.8, 4) is 5.75 Å². The minimum Gasteiger partial charge on any atom is -0.481 e. The lowest BCUT2D eigenvalue weighted by Gasteiger charge is -2.22. The number of nitrogens with one attached hydrogen (secondary N) is 1. The molecule has 2 aromatic rings. The lowest BCUT2D eigenvalue weighted by atomic mass is 10.0. The fraction of sp³-hybridized carbons (Fsp3) is 0.350. The van der Waals surface area contributed by atoms with Crippen LogP contribution in [0.15, 0.2) is 54.6 Å². The molecule has 0 heterocycles. The molecule has 0 aliphatic carbocycles. The second-order valence-electron chi connectivity index (χ2n) is 5.91. The van der Waals surface area contributed by atoms with Crippen LogP contribution in [0, 0.1) is 6.92 Å². The fourth-order valence-corrected chi connectivity index (χ4v) is 2.54. The Balaban J connectivity index is 2.01. The highest BCUT2D eigenvalue weighted by atomic mass is 16.5. The molecule has 0 fully saturated rings. The van der Waals surface area contributed by atoms with Crippen LogP contribution < -0.4 is 10.1 Å². The molecule has 0 bridgehead atoms. The third kappa shape index (κ3) is 5.39. The Morgan fingerprint density at radius 2 is 1.92 bits per heavy atom. The third-order valence-corrected chi connectivity index (χ3v) is 3.84. The average molecular weight is 327 g/mol. The molecule has 4 heteroatoms. The average Bonchev–Trinajstić information content (AvgIpc) is 2.59. The molecule has 0 aromatic heterocycles. The molecule has 0 radical (unpaired) electrons. The van der Waals surface area contributed by atoms with Gasteiger partial charge in [0.25, 0.3) is 5.91 Å². The van der Waals surface area contributed by atoms with E-state index in [1.807, 2.05) is 61.5 Å². The summed E-state index contributed by atoms with van der Waals surface area (Å²) in [6, 6.07) is 17.3. The van der Waals surface area contributed by atoms with E-state index < -0.39 is 6.10 Å². The number of hydrogen-bond acceptors (Lipinski definition) is 3. The Kier molecular flexibility index (Phi) is 6.82. The SMILES string of the molecule is Cc1cccc(OC(C)C(=O)NC(CCCO)c2ccccc2)c1. The monoisotopic (exact) mass is 327 g/mol. The van der Waals surface area contributed by atoms with E-state index in [2.05, 4.69) is 5.32 Å². The summed E-state index contributed by atoms with van der Waals surface area (Å²) in [6.45, 7) is 3.83. The van der Waals surface area contributed by atoms with Crippen LogP contribution >= 0.6 is 0 Å². The first-order valence-corrected chi connectivity index (χ1v) is 8.29. The highest BCUT2D eigenvalue weighted by molar-refractivity contribution is 5.81. The summed E-state index contributed by atoms with van der Waals surface area (Å²) in [5.74, 6) is 0.521. The zero-order valence-electron chi connectivity index (χ0n) is 14.2. The van der Waals surface area contributed by atoms with Crippen LogP contribution in [0.4, 0.5) is 0 Å². The van der Waals surface area contributed by atoms with Gasteiger partial charge in [-0.3, -0.25) is 4.79 Å². The number of aliphatic hydroxyl groups is 1. The number of benzene rings is 2. The van der Waals surface area contributed by atoms with Gasteiger partial charge in [0, 0.05) is 6.61 Å². The van der Waals surface area contributed by atoms with E-state index in [0.717, 1.165) is 11.1 Å². The van der Waals surface area contributed by atoms with Crippen molar-refractivity contribution in [3.05, 3.63) is 65.7 Å². The van der Waals surface area contributed by atoms with Crippen LogP contribution in [-0.4, -0.2) is 23.7 Å². The number of hydrogen-bond donors (Lipinski definition) is 2. The highest BCUT2D eigenvalue weighted by Gasteiger charge is 2.20. The number of rotatable bonds is 8. The van der Waals surface area contributed by atoms with E-state index in [1.165, 1.54) is 0 Å². The number of aliphatic hydroxyl groups excluding tert-OH is 1. The topological polar surface area (TPSA) is 58.6 Å². The van der Waals surface area contributed by atoms with Gasteiger partial charge in [-0.1, -0.05) is 42.5 Å². The van der Waals surface area contributed by atoms with Crippen LogP contribution in [0.2, 0.25) is 0 Å². The first-order chi connectivity index (χ1) is 11.6. The summed E-state index contributed by atoms with van der Waals surface area (Å²) < 4.78 is 5.74. The van der Waals surface area contributed by atoms with E-state index >= 15 is 0 Å². The fourth-order valence-electron chi connectivity index (χ4n) is 2.54. The van der Waals surface area contributed by atoms with Gasteiger partial charge in [-0.2, -0.15) is 0 Å². The summed E-state index contributed by atoms with van der Waals surface area (Å²) in [5.41, 5.74) is 2.12. The summed E-state index contributed by atoms with van der Waals surface area (Å²) in [4.78, 5) is 12.5. The zero-order valence-corrected chi connectivity index (χ0v) is 14.2. The molecule has 2 unspecified atom stereocenters. The van der Waals surface area contributed by atoms with Crippen molar-refractivity contribution in [1.82, 2.24) is 5.32 Å². The van der Waals surface area contributed by atoms with E-state index in [-0.39, 0.29) is 18.6 Å². The number of carbonyl (C=O) groups is 1. The molecule has 0 saturated heterocycles. The number of amides is 1. The summed E-state index contributed by atoms with van der Waals surface area (Å²) in [5, 5.41) is 12.1. The van der Waals surface area contributed by atoms with Gasteiger partial charge in [0.2, 0.25) is 0 Å². The minimum absolute atomic E-state index is 0.106. The molecule has 0 aliphatic heterocycles. The predicted octanol–water partition coefficient (Wildman–Crippen LogP) is 3.39. The number of carbonyl (C=O) groups excluding carboxylic acids is 1. The van der Waals surface area contributed by atoms with Gasteiger partial charge < -0.3 is 15.2 Å². The van der Waals surface area contributed by atoms with Crippen LogP contribution in [0.25, 0.3) is 0 Å². The molecule has 0 saturated carbocycles. The van der Waals surface area contributed by atoms with Crippen molar-refractivity contribution in [2.24, 2.45) is 0 Å². The Morgan fingerprint density at radius 1 is 1.17 bits per heavy atom. The first kappa shape index (κ1) is 18.0. The van der Waals surface area contributed by atoms with Crippen molar-refractivity contribution in [2.75, 3.05) is 6.61 Å². The normalized spacial score (nSPS) is 13.1. The van der Waals surface area contributed by atoms with E-state index in [1.54, 1.807) is 6.92 Å². The molecule has 4 nitrogen and oxygen atoms in total. The summed E-state index contributed by atoms with van der Waals surface area (Å²) in [7, 11) is 0. The Bertz CT molecular complexity index is 642.